The SMILES string of the molecule is CN(C)c1ccccc1N(C)C1CCCCC1. The molecule has 2 nitrogen and oxygen atoms in total. The Morgan fingerprint density at radius 1 is 0.882 bits per heavy atom. The van der Waals surface area contributed by atoms with E-state index in [0.717, 1.165) is 6.04 Å². The molecule has 17 heavy (non-hydrogen) atoms. The van der Waals surface area contributed by atoms with Crippen LogP contribution in [0.5, 0.6) is 0 Å². The van der Waals surface area contributed by atoms with Crippen molar-refractivity contribution in [2.45, 2.75) is 38.1 Å². The first-order valence-corrected chi connectivity index (χ1v) is 6.69. The van der Waals surface area contributed by atoms with E-state index in [1.54, 1.807) is 0 Å². The van der Waals surface area contributed by atoms with Gasteiger partial charge in [-0.15, -0.1) is 0 Å². The fourth-order valence-corrected chi connectivity index (χ4v) is 2.81. The summed E-state index contributed by atoms with van der Waals surface area (Å²) in [5.74, 6) is 0. The molecule has 1 aromatic carbocycles. The monoisotopic (exact) mass is 232 g/mol. The summed E-state index contributed by atoms with van der Waals surface area (Å²) in [6.45, 7) is 0. The third kappa shape index (κ3) is 2.74. The molecule has 0 unspecified atom stereocenters. The molecule has 0 N–H and O–H groups in total. The van der Waals surface area contributed by atoms with E-state index in [1.807, 2.05) is 0 Å². The van der Waals surface area contributed by atoms with Gasteiger partial charge >= 0.3 is 0 Å². The highest BCUT2D eigenvalue weighted by atomic mass is 15.2. The second kappa shape index (κ2) is 5.44. The van der Waals surface area contributed by atoms with E-state index < -0.39 is 0 Å². The predicted octanol–water partition coefficient (Wildman–Crippen LogP) is 3.52. The Morgan fingerprint density at radius 3 is 2.06 bits per heavy atom. The highest BCUT2D eigenvalue weighted by Gasteiger charge is 2.20. The molecule has 1 saturated carbocycles. The molecule has 0 bridgehead atoms. The van der Waals surface area contributed by atoms with Gasteiger partial charge in [0.05, 0.1) is 11.4 Å². The number of hydrogen-bond donors (Lipinski definition) is 0. The third-order valence-electron chi connectivity index (χ3n) is 3.87. The first kappa shape index (κ1) is 12.3. The standard InChI is InChI=1S/C15H24N2/c1-16(2)14-11-7-8-12-15(14)17(3)13-9-5-4-6-10-13/h7-8,11-13H,4-6,9-10H2,1-3H3. The molecule has 1 aliphatic rings. The van der Waals surface area contributed by atoms with Crippen molar-refractivity contribution in [1.82, 2.24) is 0 Å². The second-order valence-electron chi connectivity index (χ2n) is 5.29. The summed E-state index contributed by atoms with van der Waals surface area (Å²) in [5.41, 5.74) is 2.69. The highest BCUT2D eigenvalue weighted by molar-refractivity contribution is 5.70. The van der Waals surface area contributed by atoms with Gasteiger partial charge in [-0.2, -0.15) is 0 Å². The van der Waals surface area contributed by atoms with E-state index in [-0.39, 0.29) is 0 Å². The molecule has 0 radical (unpaired) electrons. The van der Waals surface area contributed by atoms with Crippen molar-refractivity contribution in [2.24, 2.45) is 0 Å². The van der Waals surface area contributed by atoms with Crippen LogP contribution in [-0.4, -0.2) is 27.2 Å². The molecule has 2 heteroatoms. The Morgan fingerprint density at radius 2 is 1.47 bits per heavy atom. The maximum absolute atomic E-state index is 2.48. The van der Waals surface area contributed by atoms with Crippen LogP contribution in [0.15, 0.2) is 24.3 Å². The fraction of sp³-hybridized carbons (Fsp3) is 0.600. The molecule has 0 heterocycles. The molecule has 0 aromatic heterocycles. The van der Waals surface area contributed by atoms with E-state index in [9.17, 15) is 0 Å². The van der Waals surface area contributed by atoms with Crippen LogP contribution in [0.1, 0.15) is 32.1 Å². The van der Waals surface area contributed by atoms with Crippen molar-refractivity contribution in [3.8, 4) is 0 Å². The molecule has 0 aliphatic heterocycles. The first-order chi connectivity index (χ1) is 8.20. The summed E-state index contributed by atoms with van der Waals surface area (Å²) < 4.78 is 0. The van der Waals surface area contributed by atoms with Gasteiger partial charge in [0.1, 0.15) is 0 Å². The number of nitrogens with zero attached hydrogens (tertiary/aromatic N) is 2. The van der Waals surface area contributed by atoms with Crippen molar-refractivity contribution in [1.29, 1.82) is 0 Å². The van der Waals surface area contributed by atoms with E-state index in [4.69, 9.17) is 0 Å². The Labute approximate surface area is 105 Å². The quantitative estimate of drug-likeness (QED) is 0.786. The van der Waals surface area contributed by atoms with Crippen LogP contribution < -0.4 is 9.80 Å². The average molecular weight is 232 g/mol. The number of para-hydroxylation sites is 2. The average Bonchev–Trinajstić information content (AvgIpc) is 2.39. The van der Waals surface area contributed by atoms with E-state index in [1.165, 1.54) is 43.5 Å². The Balaban J connectivity index is 2.20. The molecule has 1 aliphatic carbocycles. The summed E-state index contributed by atoms with van der Waals surface area (Å²) in [4.78, 5) is 4.68. The normalized spacial score (nSPS) is 16.9. The molecular weight excluding hydrogens is 208 g/mol. The first-order valence-electron chi connectivity index (χ1n) is 6.69. The lowest BCUT2D eigenvalue weighted by atomic mass is 9.94. The maximum Gasteiger partial charge on any atom is 0.0603 e. The largest absolute Gasteiger partial charge is 0.376 e. The lowest BCUT2D eigenvalue weighted by Gasteiger charge is -2.35. The van der Waals surface area contributed by atoms with Crippen LogP contribution in [0.25, 0.3) is 0 Å². The molecule has 0 saturated heterocycles. The minimum absolute atomic E-state index is 0.727. The van der Waals surface area contributed by atoms with Crippen LogP contribution in [0.2, 0.25) is 0 Å². The molecule has 2 rings (SSSR count). The summed E-state index contributed by atoms with van der Waals surface area (Å²) >= 11 is 0. The van der Waals surface area contributed by atoms with E-state index >= 15 is 0 Å². The van der Waals surface area contributed by atoms with E-state index in [0.29, 0.717) is 0 Å². The van der Waals surface area contributed by atoms with Gasteiger partial charge in [0.25, 0.3) is 0 Å². The van der Waals surface area contributed by atoms with Gasteiger partial charge in [-0.25, -0.2) is 0 Å². The smallest absolute Gasteiger partial charge is 0.0603 e. The van der Waals surface area contributed by atoms with Crippen LogP contribution in [0.4, 0.5) is 11.4 Å². The zero-order valence-electron chi connectivity index (χ0n) is 11.3. The van der Waals surface area contributed by atoms with Crippen molar-refractivity contribution in [2.75, 3.05) is 30.9 Å². The van der Waals surface area contributed by atoms with Gasteiger partial charge in [0.15, 0.2) is 0 Å². The topological polar surface area (TPSA) is 6.48 Å². The minimum Gasteiger partial charge on any atom is -0.376 e. The molecule has 0 amide bonds. The summed E-state index contributed by atoms with van der Waals surface area (Å²) in [6, 6.07) is 9.43. The van der Waals surface area contributed by atoms with Gasteiger partial charge in [0.2, 0.25) is 0 Å². The Kier molecular flexibility index (Phi) is 3.93. The van der Waals surface area contributed by atoms with Gasteiger partial charge in [0, 0.05) is 27.2 Å². The van der Waals surface area contributed by atoms with Gasteiger partial charge in [-0.05, 0) is 25.0 Å². The Bertz CT molecular complexity index is 354. The van der Waals surface area contributed by atoms with Gasteiger partial charge in [-0.1, -0.05) is 31.4 Å². The molecule has 1 aromatic rings. The van der Waals surface area contributed by atoms with Crippen molar-refractivity contribution >= 4 is 11.4 Å². The van der Waals surface area contributed by atoms with Crippen LogP contribution >= 0.6 is 0 Å². The van der Waals surface area contributed by atoms with Gasteiger partial charge < -0.3 is 9.80 Å². The molecule has 1 fully saturated rings. The van der Waals surface area contributed by atoms with E-state index in [2.05, 4.69) is 55.2 Å². The fourth-order valence-electron chi connectivity index (χ4n) is 2.81. The van der Waals surface area contributed by atoms with Crippen molar-refractivity contribution < 1.29 is 0 Å². The molecule has 0 spiro atoms. The molecule has 94 valence electrons. The second-order valence-corrected chi connectivity index (χ2v) is 5.29. The predicted molar refractivity (Wildman–Crippen MR) is 76.0 cm³/mol. The number of hydrogen-bond acceptors (Lipinski definition) is 2. The molecular formula is C15H24N2. The number of anilines is 2. The zero-order chi connectivity index (χ0) is 12.3. The Hall–Kier alpha value is -1.18. The summed E-state index contributed by atoms with van der Waals surface area (Å²) in [6.07, 6.45) is 6.88. The molecule has 0 atom stereocenters. The number of benzene rings is 1. The zero-order valence-corrected chi connectivity index (χ0v) is 11.3. The maximum atomic E-state index is 2.48. The van der Waals surface area contributed by atoms with Crippen LogP contribution in [0.3, 0.4) is 0 Å². The summed E-state index contributed by atoms with van der Waals surface area (Å²) in [7, 11) is 6.49. The van der Waals surface area contributed by atoms with Crippen LogP contribution in [0, 0.1) is 0 Å². The van der Waals surface area contributed by atoms with Crippen LogP contribution in [-0.2, 0) is 0 Å². The third-order valence-corrected chi connectivity index (χ3v) is 3.87. The highest BCUT2D eigenvalue weighted by Crippen LogP contribution is 2.32. The lowest BCUT2D eigenvalue weighted by molar-refractivity contribution is 0.427. The lowest BCUT2D eigenvalue weighted by Crippen LogP contribution is -2.34. The van der Waals surface area contributed by atoms with Gasteiger partial charge in [-0.3, -0.25) is 0 Å². The van der Waals surface area contributed by atoms with Crippen molar-refractivity contribution in [3.05, 3.63) is 24.3 Å². The number of rotatable bonds is 3. The summed E-state index contributed by atoms with van der Waals surface area (Å²) in [5, 5.41) is 0. The minimum atomic E-state index is 0.727. The van der Waals surface area contributed by atoms with Crippen molar-refractivity contribution in [3.63, 3.8) is 0 Å².